The third-order valence-corrected chi connectivity index (χ3v) is 6.10. The van der Waals surface area contributed by atoms with Gasteiger partial charge in [-0.05, 0) is 43.4 Å². The van der Waals surface area contributed by atoms with Crippen molar-refractivity contribution in [3.05, 3.63) is 41.7 Å². The van der Waals surface area contributed by atoms with Crippen molar-refractivity contribution in [1.82, 2.24) is 14.9 Å². The number of nitrogens with zero attached hydrogens (tertiary/aromatic N) is 3. The van der Waals surface area contributed by atoms with E-state index in [1.165, 1.54) is 6.42 Å². The second-order valence-electron chi connectivity index (χ2n) is 8.00. The van der Waals surface area contributed by atoms with Gasteiger partial charge in [-0.25, -0.2) is 9.97 Å². The predicted molar refractivity (Wildman–Crippen MR) is 111 cm³/mol. The summed E-state index contributed by atoms with van der Waals surface area (Å²) in [6.07, 6.45) is 8.88. The molecule has 152 valence electrons. The highest BCUT2D eigenvalue weighted by Gasteiger charge is 2.36. The van der Waals surface area contributed by atoms with Gasteiger partial charge >= 0.3 is 0 Å². The minimum absolute atomic E-state index is 0.116. The van der Waals surface area contributed by atoms with Gasteiger partial charge in [0.1, 0.15) is 0 Å². The van der Waals surface area contributed by atoms with Crippen LogP contribution in [0.25, 0.3) is 11.1 Å². The Bertz CT molecular complexity index is 923. The Labute approximate surface area is 170 Å². The molecule has 4 rings (SSSR count). The quantitative estimate of drug-likeness (QED) is 0.828. The van der Waals surface area contributed by atoms with Crippen LogP contribution in [0.2, 0.25) is 0 Å². The fraction of sp³-hybridized carbons (Fsp3) is 0.455. The van der Waals surface area contributed by atoms with Crippen LogP contribution in [-0.2, 0) is 4.79 Å². The second-order valence-corrected chi connectivity index (χ2v) is 8.00. The van der Waals surface area contributed by atoms with Gasteiger partial charge in [0.2, 0.25) is 17.8 Å². The Balaban J connectivity index is 1.70. The number of hydrogen-bond acceptors (Lipinski definition) is 5. The zero-order valence-corrected chi connectivity index (χ0v) is 16.5. The highest BCUT2D eigenvalue weighted by Crippen LogP contribution is 2.39. The fourth-order valence-corrected chi connectivity index (χ4v) is 4.62. The Kier molecular flexibility index (Phi) is 5.47. The largest absolute Gasteiger partial charge is 0.368 e. The number of benzene rings is 1. The molecule has 0 spiro atoms. The maximum Gasteiger partial charge on any atom is 0.248 e. The Morgan fingerprint density at radius 1 is 1.07 bits per heavy atom. The summed E-state index contributed by atoms with van der Waals surface area (Å²) in [4.78, 5) is 35.6. The lowest BCUT2D eigenvalue weighted by molar-refractivity contribution is -0.137. The van der Waals surface area contributed by atoms with Gasteiger partial charge in [-0.15, -0.1) is 0 Å². The zero-order chi connectivity index (χ0) is 20.4. The van der Waals surface area contributed by atoms with Gasteiger partial charge in [0, 0.05) is 29.8 Å². The van der Waals surface area contributed by atoms with Gasteiger partial charge in [0.15, 0.2) is 0 Å². The summed E-state index contributed by atoms with van der Waals surface area (Å²) >= 11 is 0. The molecule has 2 amide bonds. The Hall–Kier alpha value is -2.96. The van der Waals surface area contributed by atoms with E-state index in [1.807, 2.05) is 11.0 Å². The number of nitrogen functional groups attached to an aromatic ring is 1. The SMILES string of the molecule is NC(=O)c1cccc(-c2cnc(N)nc2C2CCCN2C(=O)C2CCCCC2)c1. The van der Waals surface area contributed by atoms with Crippen LogP contribution in [0.5, 0.6) is 0 Å². The Morgan fingerprint density at radius 3 is 2.62 bits per heavy atom. The lowest BCUT2D eigenvalue weighted by Crippen LogP contribution is -2.37. The summed E-state index contributed by atoms with van der Waals surface area (Å²) in [5.74, 6) is 0.0536. The minimum atomic E-state index is -0.486. The molecular formula is C22H27N5O2. The number of carbonyl (C=O) groups excluding carboxylic acids is 2. The molecule has 7 nitrogen and oxygen atoms in total. The van der Waals surface area contributed by atoms with Gasteiger partial charge < -0.3 is 16.4 Å². The van der Waals surface area contributed by atoms with Gasteiger partial charge in [0.25, 0.3) is 0 Å². The first-order chi connectivity index (χ1) is 14.0. The normalized spacial score (nSPS) is 20.0. The zero-order valence-electron chi connectivity index (χ0n) is 16.5. The molecule has 1 aliphatic heterocycles. The molecule has 1 saturated heterocycles. The van der Waals surface area contributed by atoms with E-state index in [0.717, 1.165) is 61.9 Å². The molecule has 2 aliphatic rings. The van der Waals surface area contributed by atoms with Gasteiger partial charge in [-0.3, -0.25) is 9.59 Å². The predicted octanol–water partition coefficient (Wildman–Crippen LogP) is 3.07. The van der Waals surface area contributed by atoms with Gasteiger partial charge in [0.05, 0.1) is 11.7 Å². The first-order valence-corrected chi connectivity index (χ1v) is 10.4. The van der Waals surface area contributed by atoms with Crippen molar-refractivity contribution < 1.29 is 9.59 Å². The molecule has 1 unspecified atom stereocenters. The number of primary amides is 1. The molecule has 1 aromatic heterocycles. The van der Waals surface area contributed by atoms with E-state index in [-0.39, 0.29) is 23.8 Å². The van der Waals surface area contributed by atoms with Crippen molar-refractivity contribution in [2.24, 2.45) is 11.7 Å². The molecule has 2 aromatic rings. The minimum Gasteiger partial charge on any atom is -0.368 e. The monoisotopic (exact) mass is 393 g/mol. The average Bonchev–Trinajstić information content (AvgIpc) is 3.23. The van der Waals surface area contributed by atoms with Crippen LogP contribution in [0.4, 0.5) is 5.95 Å². The molecule has 1 aromatic carbocycles. The molecule has 0 radical (unpaired) electrons. The maximum absolute atomic E-state index is 13.3. The van der Waals surface area contributed by atoms with E-state index in [9.17, 15) is 9.59 Å². The van der Waals surface area contributed by atoms with Crippen LogP contribution in [0.15, 0.2) is 30.5 Å². The molecule has 2 fully saturated rings. The van der Waals surface area contributed by atoms with Crippen LogP contribution >= 0.6 is 0 Å². The van der Waals surface area contributed by atoms with Crippen molar-refractivity contribution in [1.29, 1.82) is 0 Å². The summed E-state index contributed by atoms with van der Waals surface area (Å²) in [5, 5.41) is 0. The van der Waals surface area contributed by atoms with E-state index in [4.69, 9.17) is 11.5 Å². The number of likely N-dealkylation sites (tertiary alicyclic amines) is 1. The van der Waals surface area contributed by atoms with Crippen LogP contribution in [-0.4, -0.2) is 33.2 Å². The van der Waals surface area contributed by atoms with Crippen molar-refractivity contribution in [3.63, 3.8) is 0 Å². The van der Waals surface area contributed by atoms with Crippen molar-refractivity contribution in [2.75, 3.05) is 12.3 Å². The van der Waals surface area contributed by atoms with E-state index < -0.39 is 5.91 Å². The van der Waals surface area contributed by atoms with Gasteiger partial charge in [-0.2, -0.15) is 0 Å². The number of nitrogens with two attached hydrogens (primary N) is 2. The highest BCUT2D eigenvalue weighted by atomic mass is 16.2. The smallest absolute Gasteiger partial charge is 0.248 e. The van der Waals surface area contributed by atoms with Crippen molar-refractivity contribution in [2.45, 2.75) is 51.0 Å². The topological polar surface area (TPSA) is 115 Å². The number of carbonyl (C=O) groups is 2. The third-order valence-electron chi connectivity index (χ3n) is 6.10. The number of aromatic nitrogens is 2. The summed E-state index contributed by atoms with van der Waals surface area (Å²) in [7, 11) is 0. The summed E-state index contributed by atoms with van der Waals surface area (Å²) in [6, 6.07) is 6.98. The first kappa shape index (κ1) is 19.4. The lowest BCUT2D eigenvalue weighted by Gasteiger charge is -2.31. The van der Waals surface area contributed by atoms with E-state index in [1.54, 1.807) is 24.4 Å². The van der Waals surface area contributed by atoms with E-state index in [0.29, 0.717) is 5.56 Å². The molecule has 1 aliphatic carbocycles. The number of rotatable bonds is 4. The molecule has 0 bridgehead atoms. The molecular weight excluding hydrogens is 366 g/mol. The maximum atomic E-state index is 13.3. The summed E-state index contributed by atoms with van der Waals surface area (Å²) in [6.45, 7) is 0.741. The number of amides is 2. The van der Waals surface area contributed by atoms with Gasteiger partial charge in [-0.1, -0.05) is 31.4 Å². The molecule has 1 saturated carbocycles. The number of anilines is 1. The third kappa shape index (κ3) is 3.95. The van der Waals surface area contributed by atoms with Crippen LogP contribution < -0.4 is 11.5 Å². The second kappa shape index (κ2) is 8.19. The first-order valence-electron chi connectivity index (χ1n) is 10.4. The van der Waals surface area contributed by atoms with Crippen molar-refractivity contribution in [3.8, 4) is 11.1 Å². The van der Waals surface area contributed by atoms with Crippen LogP contribution in [0, 0.1) is 5.92 Å². The van der Waals surface area contributed by atoms with E-state index >= 15 is 0 Å². The average molecular weight is 393 g/mol. The molecule has 29 heavy (non-hydrogen) atoms. The van der Waals surface area contributed by atoms with Crippen molar-refractivity contribution >= 4 is 17.8 Å². The summed E-state index contributed by atoms with van der Waals surface area (Å²) < 4.78 is 0. The molecule has 1 atom stereocenters. The van der Waals surface area contributed by atoms with Crippen LogP contribution in [0.1, 0.15) is 67.0 Å². The molecule has 2 heterocycles. The fourth-order valence-electron chi connectivity index (χ4n) is 4.62. The number of hydrogen-bond donors (Lipinski definition) is 2. The van der Waals surface area contributed by atoms with E-state index in [2.05, 4.69) is 9.97 Å². The van der Waals surface area contributed by atoms with Crippen LogP contribution in [0.3, 0.4) is 0 Å². The highest BCUT2D eigenvalue weighted by molar-refractivity contribution is 5.94. The standard InChI is InChI=1S/C22H27N5O2/c23-20(28)16-9-4-8-15(12-16)17-13-25-22(24)26-19(17)18-10-5-11-27(18)21(29)14-6-2-1-3-7-14/h4,8-9,12-14,18H,1-3,5-7,10-11H2,(H2,23,28)(H2,24,25,26). The molecule has 4 N–H and O–H groups in total. The summed E-state index contributed by atoms with van der Waals surface area (Å²) in [5.41, 5.74) is 14.1. The lowest BCUT2D eigenvalue weighted by atomic mass is 9.88. The molecule has 7 heteroatoms. The Morgan fingerprint density at radius 2 is 1.86 bits per heavy atom.